The van der Waals surface area contributed by atoms with E-state index in [1.54, 1.807) is 19.1 Å². The second kappa shape index (κ2) is 5.47. The van der Waals surface area contributed by atoms with Gasteiger partial charge in [0.05, 0.1) is 12.0 Å². The lowest BCUT2D eigenvalue weighted by Crippen LogP contribution is -2.27. The second-order valence-corrected chi connectivity index (χ2v) is 6.89. The van der Waals surface area contributed by atoms with E-state index < -0.39 is 10.0 Å². The number of sulfonamides is 1. The summed E-state index contributed by atoms with van der Waals surface area (Å²) in [4.78, 5) is 0.00801. The van der Waals surface area contributed by atoms with E-state index >= 15 is 0 Å². The highest BCUT2D eigenvalue weighted by atomic mass is 35.5. The van der Waals surface area contributed by atoms with E-state index in [-0.39, 0.29) is 17.1 Å². The van der Waals surface area contributed by atoms with Gasteiger partial charge >= 0.3 is 0 Å². The van der Waals surface area contributed by atoms with Crippen LogP contribution in [0.25, 0.3) is 0 Å². The zero-order valence-electron chi connectivity index (χ0n) is 11.1. The van der Waals surface area contributed by atoms with Gasteiger partial charge in [-0.2, -0.15) is 4.31 Å². The predicted molar refractivity (Wildman–Crippen MR) is 78.0 cm³/mol. The fraction of sp³-hybridized carbons (Fsp3) is 0.231. The van der Waals surface area contributed by atoms with E-state index in [1.165, 1.54) is 29.7 Å². The maximum atomic E-state index is 12.5. The highest BCUT2D eigenvalue weighted by Crippen LogP contribution is 2.26. The van der Waals surface area contributed by atoms with E-state index in [1.807, 2.05) is 0 Å². The van der Waals surface area contributed by atoms with Crippen molar-refractivity contribution in [2.45, 2.75) is 18.4 Å². The molecule has 0 fully saturated rings. The van der Waals surface area contributed by atoms with Crippen molar-refractivity contribution in [1.29, 1.82) is 0 Å². The topological polar surface area (TPSA) is 76.5 Å². The van der Waals surface area contributed by atoms with Gasteiger partial charge in [0.15, 0.2) is 0 Å². The molecular formula is C13H15ClN2O3S. The number of rotatable bonds is 4. The van der Waals surface area contributed by atoms with E-state index in [4.69, 9.17) is 21.8 Å². The molecule has 0 unspecified atom stereocenters. The lowest BCUT2D eigenvalue weighted by atomic mass is 10.3. The molecule has 0 atom stereocenters. The Bertz CT molecular complexity index is 725. The highest BCUT2D eigenvalue weighted by Gasteiger charge is 2.24. The van der Waals surface area contributed by atoms with Crippen molar-refractivity contribution in [3.05, 3.63) is 46.9 Å². The van der Waals surface area contributed by atoms with Gasteiger partial charge in [0, 0.05) is 24.2 Å². The van der Waals surface area contributed by atoms with Crippen molar-refractivity contribution in [2.75, 3.05) is 12.8 Å². The van der Waals surface area contributed by atoms with Gasteiger partial charge in [-0.3, -0.25) is 0 Å². The van der Waals surface area contributed by atoms with Crippen LogP contribution >= 0.6 is 11.6 Å². The minimum Gasteiger partial charge on any atom is -0.469 e. The molecule has 0 saturated heterocycles. The fourth-order valence-corrected chi connectivity index (χ4v) is 3.32. The van der Waals surface area contributed by atoms with Crippen LogP contribution in [0.1, 0.15) is 11.3 Å². The number of hydrogen-bond donors (Lipinski definition) is 1. The SMILES string of the molecule is Cc1occc1CN(C)S(=O)(=O)c1cc(Cl)ccc1N. The minimum atomic E-state index is -3.70. The minimum absolute atomic E-state index is 0.00801. The van der Waals surface area contributed by atoms with Gasteiger partial charge in [0.25, 0.3) is 0 Å². The van der Waals surface area contributed by atoms with E-state index in [9.17, 15) is 8.42 Å². The average Bonchev–Trinajstić information content (AvgIpc) is 2.78. The first-order valence-electron chi connectivity index (χ1n) is 5.86. The van der Waals surface area contributed by atoms with Crippen molar-refractivity contribution in [3.8, 4) is 0 Å². The molecular weight excluding hydrogens is 300 g/mol. The first-order valence-corrected chi connectivity index (χ1v) is 7.68. The predicted octanol–water partition coefficient (Wildman–Crippen LogP) is 2.64. The quantitative estimate of drug-likeness (QED) is 0.880. The molecule has 20 heavy (non-hydrogen) atoms. The zero-order chi connectivity index (χ0) is 14.9. The molecule has 1 aromatic carbocycles. The summed E-state index contributed by atoms with van der Waals surface area (Å²) in [7, 11) is -2.21. The van der Waals surface area contributed by atoms with Gasteiger partial charge in [-0.15, -0.1) is 0 Å². The van der Waals surface area contributed by atoms with Gasteiger partial charge in [-0.1, -0.05) is 11.6 Å². The molecule has 2 N–H and O–H groups in total. The molecule has 0 spiro atoms. The summed E-state index contributed by atoms with van der Waals surface area (Å²) < 4.78 is 31.4. The van der Waals surface area contributed by atoms with Gasteiger partial charge in [0.1, 0.15) is 10.7 Å². The molecule has 1 aromatic heterocycles. The summed E-state index contributed by atoms with van der Waals surface area (Å²) in [6.45, 7) is 1.99. The summed E-state index contributed by atoms with van der Waals surface area (Å²) >= 11 is 5.84. The number of hydrogen-bond acceptors (Lipinski definition) is 4. The van der Waals surface area contributed by atoms with Crippen LogP contribution in [0.5, 0.6) is 0 Å². The Balaban J connectivity index is 2.35. The molecule has 2 rings (SSSR count). The van der Waals surface area contributed by atoms with Crippen LogP contribution in [0.2, 0.25) is 5.02 Å². The normalized spacial score (nSPS) is 12.0. The third kappa shape index (κ3) is 2.82. The summed E-state index contributed by atoms with van der Waals surface area (Å²) in [5, 5.41) is 0.325. The van der Waals surface area contributed by atoms with Gasteiger partial charge < -0.3 is 10.2 Å². The van der Waals surface area contributed by atoms with Gasteiger partial charge in [-0.25, -0.2) is 8.42 Å². The fourth-order valence-electron chi connectivity index (χ4n) is 1.80. The Morgan fingerprint density at radius 2 is 2.05 bits per heavy atom. The van der Waals surface area contributed by atoms with Crippen molar-refractivity contribution >= 4 is 27.3 Å². The van der Waals surface area contributed by atoms with Crippen molar-refractivity contribution in [3.63, 3.8) is 0 Å². The molecule has 0 saturated carbocycles. The summed E-state index contributed by atoms with van der Waals surface area (Å²) in [6.07, 6.45) is 1.53. The molecule has 0 amide bonds. The number of furan rings is 1. The molecule has 0 aliphatic carbocycles. The Kier molecular flexibility index (Phi) is 4.08. The third-order valence-corrected chi connectivity index (χ3v) is 5.12. The van der Waals surface area contributed by atoms with Gasteiger partial charge in [-0.05, 0) is 31.2 Å². The molecule has 0 aliphatic heterocycles. The Hall–Kier alpha value is -1.50. The first kappa shape index (κ1) is 14.9. The molecule has 7 heteroatoms. The number of nitrogen functional groups attached to an aromatic ring is 1. The van der Waals surface area contributed by atoms with Crippen LogP contribution in [0.3, 0.4) is 0 Å². The molecule has 5 nitrogen and oxygen atoms in total. The van der Waals surface area contributed by atoms with Crippen molar-refractivity contribution < 1.29 is 12.8 Å². The molecule has 0 aliphatic rings. The van der Waals surface area contributed by atoms with Crippen LogP contribution in [-0.2, 0) is 16.6 Å². The summed E-state index contributed by atoms with van der Waals surface area (Å²) in [5.41, 5.74) is 6.71. The lowest BCUT2D eigenvalue weighted by Gasteiger charge is -2.18. The van der Waals surface area contributed by atoms with Crippen LogP contribution in [-0.4, -0.2) is 19.8 Å². The molecule has 2 aromatic rings. The first-order chi connectivity index (χ1) is 9.32. The number of nitrogens with two attached hydrogens (primary N) is 1. The summed E-state index contributed by atoms with van der Waals surface area (Å²) in [5.74, 6) is 0.686. The maximum absolute atomic E-state index is 12.5. The lowest BCUT2D eigenvalue weighted by molar-refractivity contribution is 0.459. The number of aryl methyl sites for hydroxylation is 1. The number of anilines is 1. The van der Waals surface area contributed by atoms with Crippen molar-refractivity contribution in [2.24, 2.45) is 0 Å². The Labute approximate surface area is 123 Å². The maximum Gasteiger partial charge on any atom is 0.245 e. The molecule has 0 bridgehead atoms. The standard InChI is InChI=1S/C13H15ClN2O3S/c1-9-10(5-6-19-9)8-16(2)20(17,18)13-7-11(14)3-4-12(13)15/h3-7H,8,15H2,1-2H3. The monoisotopic (exact) mass is 314 g/mol. The molecule has 0 radical (unpaired) electrons. The van der Waals surface area contributed by atoms with Crippen LogP contribution in [0.15, 0.2) is 39.8 Å². The molecule has 1 heterocycles. The third-order valence-electron chi connectivity index (χ3n) is 3.02. The van der Waals surface area contributed by atoms with Crippen molar-refractivity contribution in [1.82, 2.24) is 4.31 Å². The number of halogens is 1. The Morgan fingerprint density at radius 3 is 2.65 bits per heavy atom. The second-order valence-electron chi connectivity index (χ2n) is 4.45. The zero-order valence-corrected chi connectivity index (χ0v) is 12.7. The Morgan fingerprint density at radius 1 is 1.35 bits per heavy atom. The van der Waals surface area contributed by atoms with Crippen LogP contribution in [0, 0.1) is 6.92 Å². The molecule has 108 valence electrons. The number of benzene rings is 1. The highest BCUT2D eigenvalue weighted by molar-refractivity contribution is 7.89. The average molecular weight is 315 g/mol. The van der Waals surface area contributed by atoms with Gasteiger partial charge in [0.2, 0.25) is 10.0 Å². The van der Waals surface area contributed by atoms with E-state index in [0.717, 1.165) is 5.56 Å². The van der Waals surface area contributed by atoms with Crippen LogP contribution in [0.4, 0.5) is 5.69 Å². The number of nitrogens with zero attached hydrogens (tertiary/aromatic N) is 1. The largest absolute Gasteiger partial charge is 0.469 e. The smallest absolute Gasteiger partial charge is 0.245 e. The summed E-state index contributed by atoms with van der Waals surface area (Å²) in [6, 6.07) is 6.12. The van der Waals surface area contributed by atoms with E-state index in [2.05, 4.69) is 0 Å². The van der Waals surface area contributed by atoms with Crippen LogP contribution < -0.4 is 5.73 Å². The van der Waals surface area contributed by atoms with E-state index in [0.29, 0.717) is 10.8 Å².